The molecular formula is C14H16N2O2S. The van der Waals surface area contributed by atoms with E-state index in [1.807, 2.05) is 12.1 Å². The molecule has 0 aromatic carbocycles. The van der Waals surface area contributed by atoms with Crippen molar-refractivity contribution < 1.29 is 8.42 Å². The van der Waals surface area contributed by atoms with Gasteiger partial charge in [0.15, 0.2) is 9.84 Å². The van der Waals surface area contributed by atoms with Gasteiger partial charge in [0, 0.05) is 11.8 Å². The van der Waals surface area contributed by atoms with Crippen LogP contribution in [0.25, 0.3) is 0 Å². The van der Waals surface area contributed by atoms with Gasteiger partial charge in [-0.2, -0.15) is 10.5 Å². The van der Waals surface area contributed by atoms with Gasteiger partial charge in [0.2, 0.25) is 0 Å². The number of nitrogens with zero attached hydrogens (tertiary/aromatic N) is 2. The van der Waals surface area contributed by atoms with Crippen molar-refractivity contribution in [2.24, 2.45) is 11.8 Å². The summed E-state index contributed by atoms with van der Waals surface area (Å²) in [4.78, 5) is 0. The highest BCUT2D eigenvalue weighted by Crippen LogP contribution is 2.21. The van der Waals surface area contributed by atoms with Crippen molar-refractivity contribution in [2.45, 2.75) is 37.2 Å². The van der Waals surface area contributed by atoms with Crippen LogP contribution in [0.1, 0.15) is 26.7 Å². The molecule has 4 nitrogen and oxygen atoms in total. The van der Waals surface area contributed by atoms with Crippen molar-refractivity contribution in [1.82, 2.24) is 0 Å². The first-order chi connectivity index (χ1) is 8.83. The first kappa shape index (κ1) is 17.1. The summed E-state index contributed by atoms with van der Waals surface area (Å²) >= 11 is 0. The van der Waals surface area contributed by atoms with Crippen molar-refractivity contribution in [3.8, 4) is 36.8 Å². The van der Waals surface area contributed by atoms with Crippen LogP contribution in [-0.4, -0.2) is 18.9 Å². The molecule has 0 saturated carbocycles. The third-order valence-electron chi connectivity index (χ3n) is 2.74. The number of rotatable bonds is 6. The second-order valence-corrected chi connectivity index (χ2v) is 6.75. The largest absolute Gasteiger partial charge is 0.226 e. The van der Waals surface area contributed by atoms with Gasteiger partial charge < -0.3 is 0 Å². The Morgan fingerprint density at radius 2 is 1.26 bits per heavy atom. The highest BCUT2D eigenvalue weighted by atomic mass is 32.2. The van der Waals surface area contributed by atoms with Gasteiger partial charge in [0.05, 0.1) is 12.1 Å². The Hall–Kier alpha value is -1.95. The average Bonchev–Trinajstić information content (AvgIpc) is 2.40. The fourth-order valence-electron chi connectivity index (χ4n) is 1.54. The van der Waals surface area contributed by atoms with Crippen LogP contribution in [0.2, 0.25) is 0 Å². The maximum absolute atomic E-state index is 12.3. The average molecular weight is 276 g/mol. The van der Waals surface area contributed by atoms with E-state index < -0.39 is 32.2 Å². The van der Waals surface area contributed by atoms with Gasteiger partial charge in [-0.15, -0.1) is 12.8 Å². The van der Waals surface area contributed by atoms with Gasteiger partial charge in [-0.25, -0.2) is 8.42 Å². The lowest BCUT2D eigenvalue weighted by Gasteiger charge is -2.18. The lowest BCUT2D eigenvalue weighted by Crippen LogP contribution is -2.32. The summed E-state index contributed by atoms with van der Waals surface area (Å²) in [5.41, 5.74) is 0. The first-order valence-electron chi connectivity index (χ1n) is 5.77. The van der Waals surface area contributed by atoms with E-state index in [2.05, 4.69) is 11.8 Å². The molecule has 0 aromatic heterocycles. The molecule has 0 spiro atoms. The van der Waals surface area contributed by atoms with Crippen molar-refractivity contribution in [2.75, 3.05) is 0 Å². The first-order valence-corrected chi connectivity index (χ1v) is 7.38. The zero-order valence-corrected chi connectivity index (χ0v) is 11.8. The summed E-state index contributed by atoms with van der Waals surface area (Å²) in [6.45, 7) is 3.20. The van der Waals surface area contributed by atoms with Crippen molar-refractivity contribution in [3.05, 3.63) is 0 Å². The fourth-order valence-corrected chi connectivity index (χ4v) is 3.43. The minimum Gasteiger partial charge on any atom is -0.226 e. The van der Waals surface area contributed by atoms with E-state index in [0.29, 0.717) is 0 Å². The molecule has 0 bridgehead atoms. The molecule has 0 heterocycles. The predicted molar refractivity (Wildman–Crippen MR) is 72.9 cm³/mol. The Labute approximate surface area is 115 Å². The Morgan fingerprint density at radius 1 is 0.947 bits per heavy atom. The van der Waals surface area contributed by atoms with Gasteiger partial charge in [-0.3, -0.25) is 0 Å². The lowest BCUT2D eigenvalue weighted by atomic mass is 10.1. The maximum atomic E-state index is 12.3. The number of hydrogen-bond acceptors (Lipinski definition) is 4. The second-order valence-electron chi connectivity index (χ2n) is 4.43. The van der Waals surface area contributed by atoms with Crippen LogP contribution in [0.5, 0.6) is 0 Å². The van der Waals surface area contributed by atoms with Gasteiger partial charge in [-0.05, 0) is 26.7 Å². The summed E-state index contributed by atoms with van der Waals surface area (Å²) in [5, 5.41) is 15.3. The third kappa shape index (κ3) is 4.67. The molecular weight excluding hydrogens is 260 g/mol. The van der Waals surface area contributed by atoms with E-state index in [1.165, 1.54) is 0 Å². The summed E-state index contributed by atoms with van der Waals surface area (Å²) in [5.74, 6) is 3.45. The molecule has 0 saturated heterocycles. The Morgan fingerprint density at radius 3 is 1.47 bits per heavy atom. The Kier molecular flexibility index (Phi) is 6.71. The standard InChI is InChI=1S/C14H16N2O2S/c1-5-13(7-11(3)9-15)19(17,18)14(6-2)8-12(4)10-16/h1-2,11-14H,7-8H2,3-4H3. The quantitative estimate of drug-likeness (QED) is 0.688. The van der Waals surface area contributed by atoms with Gasteiger partial charge >= 0.3 is 0 Å². The zero-order chi connectivity index (χ0) is 15.1. The third-order valence-corrected chi connectivity index (χ3v) is 4.98. The van der Waals surface area contributed by atoms with Crippen LogP contribution in [0.4, 0.5) is 0 Å². The van der Waals surface area contributed by atoms with Crippen LogP contribution in [-0.2, 0) is 9.84 Å². The number of nitriles is 2. The van der Waals surface area contributed by atoms with Gasteiger partial charge in [0.1, 0.15) is 10.5 Å². The summed E-state index contributed by atoms with van der Waals surface area (Å²) in [6.07, 6.45) is 10.6. The molecule has 0 aromatic rings. The number of sulfone groups is 1. The molecule has 0 fully saturated rings. The Balaban J connectivity index is 5.23. The van der Waals surface area contributed by atoms with Crippen LogP contribution in [0.3, 0.4) is 0 Å². The van der Waals surface area contributed by atoms with Crippen LogP contribution >= 0.6 is 0 Å². The maximum Gasteiger partial charge on any atom is 0.178 e. The minimum atomic E-state index is -3.75. The minimum absolute atomic E-state index is 0.0500. The predicted octanol–water partition coefficient (Wildman–Crippen LogP) is 1.50. The fraction of sp³-hybridized carbons (Fsp3) is 0.571. The molecule has 0 aliphatic rings. The van der Waals surface area contributed by atoms with Gasteiger partial charge in [0.25, 0.3) is 0 Å². The lowest BCUT2D eigenvalue weighted by molar-refractivity contribution is 0.555. The number of terminal acetylenes is 2. The van der Waals surface area contributed by atoms with E-state index in [-0.39, 0.29) is 12.8 Å². The molecule has 0 amide bonds. The van der Waals surface area contributed by atoms with Crippen LogP contribution in [0, 0.1) is 59.2 Å². The summed E-state index contributed by atoms with van der Waals surface area (Å²) < 4.78 is 24.6. The van der Waals surface area contributed by atoms with Crippen molar-refractivity contribution in [1.29, 1.82) is 10.5 Å². The molecule has 0 aliphatic heterocycles. The van der Waals surface area contributed by atoms with E-state index in [0.717, 1.165) is 0 Å². The molecule has 4 unspecified atom stereocenters. The van der Waals surface area contributed by atoms with Crippen LogP contribution < -0.4 is 0 Å². The molecule has 100 valence electrons. The smallest absolute Gasteiger partial charge is 0.178 e. The molecule has 0 radical (unpaired) electrons. The highest BCUT2D eigenvalue weighted by molar-refractivity contribution is 7.93. The molecule has 0 aliphatic carbocycles. The molecule has 4 atom stereocenters. The van der Waals surface area contributed by atoms with Gasteiger partial charge in [-0.1, -0.05) is 11.8 Å². The van der Waals surface area contributed by atoms with E-state index in [1.54, 1.807) is 13.8 Å². The molecule has 0 rings (SSSR count). The topological polar surface area (TPSA) is 81.7 Å². The monoisotopic (exact) mass is 276 g/mol. The molecule has 5 heteroatoms. The normalized spacial score (nSPS) is 16.7. The van der Waals surface area contributed by atoms with Crippen molar-refractivity contribution in [3.63, 3.8) is 0 Å². The summed E-state index contributed by atoms with van der Waals surface area (Å²) in [6, 6.07) is 3.89. The molecule has 19 heavy (non-hydrogen) atoms. The second kappa shape index (κ2) is 7.48. The zero-order valence-electron chi connectivity index (χ0n) is 11.0. The number of hydrogen-bond donors (Lipinski definition) is 0. The van der Waals surface area contributed by atoms with Crippen LogP contribution in [0.15, 0.2) is 0 Å². The van der Waals surface area contributed by atoms with Crippen molar-refractivity contribution >= 4 is 9.84 Å². The molecule has 0 N–H and O–H groups in total. The Bertz CT molecular complexity index is 521. The highest BCUT2D eigenvalue weighted by Gasteiger charge is 2.33. The summed E-state index contributed by atoms with van der Waals surface area (Å²) in [7, 11) is -3.75. The van der Waals surface area contributed by atoms with E-state index >= 15 is 0 Å². The van der Waals surface area contributed by atoms with E-state index in [9.17, 15) is 8.42 Å². The van der Waals surface area contributed by atoms with E-state index in [4.69, 9.17) is 23.4 Å². The SMILES string of the molecule is C#CC(CC(C)C#N)S(=O)(=O)C(C#C)CC(C)C#N.